The van der Waals surface area contributed by atoms with Crippen molar-refractivity contribution >= 4 is 36.2 Å². The van der Waals surface area contributed by atoms with Crippen LogP contribution >= 0.6 is 18.4 Å². The Balaban J connectivity index is 1.84. The van der Waals surface area contributed by atoms with Gasteiger partial charge in [-0.3, -0.25) is 19.1 Å². The van der Waals surface area contributed by atoms with Crippen molar-refractivity contribution in [2.75, 3.05) is 18.6 Å². The Morgan fingerprint density at radius 3 is 2.62 bits per heavy atom. The van der Waals surface area contributed by atoms with Gasteiger partial charge in [-0.05, 0) is 63.1 Å². The van der Waals surface area contributed by atoms with Crippen LogP contribution in [0.25, 0.3) is 0 Å². The highest BCUT2D eigenvalue weighted by atomic mass is 32.5. The molecule has 15 heteroatoms. The fraction of sp³-hybridized carbons (Fsp3) is 0.542. The number of carbonyl (C=O) groups is 1. The number of aromatic nitrogens is 2. The predicted octanol–water partition coefficient (Wildman–Crippen LogP) is 1.53. The smallest absolute Gasteiger partial charge is 0.330 e. The van der Waals surface area contributed by atoms with E-state index in [0.29, 0.717) is 17.9 Å². The third kappa shape index (κ3) is 8.24. The second kappa shape index (κ2) is 13.6. The third-order valence-corrected chi connectivity index (χ3v) is 8.87. The molecule has 216 valence electrons. The minimum atomic E-state index is -3.48. The van der Waals surface area contributed by atoms with Gasteiger partial charge in [0.1, 0.15) is 29.6 Å². The highest BCUT2D eigenvalue weighted by molar-refractivity contribution is 8.09. The highest BCUT2D eigenvalue weighted by Crippen LogP contribution is 2.47. The van der Waals surface area contributed by atoms with Crippen molar-refractivity contribution in [3.05, 3.63) is 63.4 Å². The zero-order valence-electron chi connectivity index (χ0n) is 22.0. The zero-order valence-corrected chi connectivity index (χ0v) is 24.5. The number of H-pyrrole nitrogens is 1. The molecule has 0 amide bonds. The maximum absolute atomic E-state index is 12.9. The van der Waals surface area contributed by atoms with Crippen molar-refractivity contribution in [1.82, 2.24) is 14.6 Å². The second-order valence-electron chi connectivity index (χ2n) is 9.36. The number of rotatable bonds is 13. The number of ether oxygens (including phenoxy) is 2. The van der Waals surface area contributed by atoms with Crippen LogP contribution in [-0.4, -0.2) is 74.3 Å². The van der Waals surface area contributed by atoms with Crippen LogP contribution in [0.4, 0.5) is 0 Å². The Bertz CT molecular complexity index is 1270. The molecule has 12 nitrogen and oxygen atoms in total. The Morgan fingerprint density at radius 2 is 2.00 bits per heavy atom. The van der Waals surface area contributed by atoms with E-state index in [4.69, 9.17) is 30.3 Å². The number of hydrogen-bond acceptors (Lipinski definition) is 11. The van der Waals surface area contributed by atoms with Gasteiger partial charge in [-0.15, -0.1) is 0 Å². The van der Waals surface area contributed by atoms with Crippen LogP contribution in [0.15, 0.2) is 52.2 Å². The number of nitrogens with one attached hydrogen (secondary N) is 2. The summed E-state index contributed by atoms with van der Waals surface area (Å²) in [7, 11) is 0. The lowest BCUT2D eigenvalue weighted by atomic mass is 9.96. The van der Waals surface area contributed by atoms with Crippen LogP contribution in [0, 0.1) is 0 Å². The summed E-state index contributed by atoms with van der Waals surface area (Å²) in [4.78, 5) is 38.7. The highest BCUT2D eigenvalue weighted by Gasteiger charge is 2.54. The number of aliphatic hydroxyl groups excluding tert-OH is 1. The molecule has 1 aliphatic heterocycles. The standard InChI is InChI=1S/C24H34N3O9PS2/c1-15(2)34-21(30)17(11-13-39-4)26-37(38,36-16-8-6-5-7-9-16)33-14-18-20(29)24(3,32)22(35-18)27-12-10-19(28)25-23(27)31/h5-10,12,15,17-18,20,22,29,32H,11,13-14H2,1-4H3,(H,26,38)(H,25,28,31). The average Bonchev–Trinajstić information content (AvgIpc) is 3.09. The Labute approximate surface area is 235 Å². The Morgan fingerprint density at radius 1 is 1.31 bits per heavy atom. The topological polar surface area (TPSA) is 161 Å². The SMILES string of the molecule is CSCCC(NP(=S)(OCC1OC(n2ccc(=O)[nH]c2=O)C(C)(O)C1O)Oc1ccccc1)C(=O)OC(C)C. The molecule has 0 spiro atoms. The van der Waals surface area contributed by atoms with Crippen LogP contribution in [0.2, 0.25) is 0 Å². The summed E-state index contributed by atoms with van der Waals surface area (Å²) >= 11 is 7.33. The fourth-order valence-electron chi connectivity index (χ4n) is 3.85. The van der Waals surface area contributed by atoms with Gasteiger partial charge in [0.2, 0.25) is 0 Å². The van der Waals surface area contributed by atoms with Crippen molar-refractivity contribution < 1.29 is 33.5 Å². The number of para-hydroxylation sites is 1. The lowest BCUT2D eigenvalue weighted by Crippen LogP contribution is -2.47. The van der Waals surface area contributed by atoms with Crippen molar-refractivity contribution in [3.8, 4) is 5.75 Å². The number of aromatic amines is 1. The van der Waals surface area contributed by atoms with E-state index in [2.05, 4.69) is 10.1 Å². The Hall–Kier alpha value is -2.03. The van der Waals surface area contributed by atoms with E-state index in [0.717, 1.165) is 16.8 Å². The number of benzene rings is 1. The fourth-order valence-corrected chi connectivity index (χ4v) is 6.68. The monoisotopic (exact) mass is 603 g/mol. The zero-order chi connectivity index (χ0) is 28.8. The number of hydrogen-bond donors (Lipinski definition) is 4. The predicted molar refractivity (Wildman–Crippen MR) is 150 cm³/mol. The summed E-state index contributed by atoms with van der Waals surface area (Å²) in [5.74, 6) is 0.520. The molecule has 2 heterocycles. The molecule has 1 saturated heterocycles. The molecule has 1 aromatic carbocycles. The van der Waals surface area contributed by atoms with Gasteiger partial charge in [-0.25, -0.2) is 9.88 Å². The van der Waals surface area contributed by atoms with Gasteiger partial charge < -0.3 is 28.7 Å². The largest absolute Gasteiger partial charge is 0.462 e. The van der Waals surface area contributed by atoms with Gasteiger partial charge in [-0.2, -0.15) is 11.8 Å². The summed E-state index contributed by atoms with van der Waals surface area (Å²) in [5.41, 5.74) is -3.36. The number of esters is 1. The molecule has 2 aromatic rings. The molecule has 6 atom stereocenters. The average molecular weight is 604 g/mol. The van der Waals surface area contributed by atoms with Crippen LogP contribution in [0.5, 0.6) is 5.75 Å². The molecule has 1 fully saturated rings. The summed E-state index contributed by atoms with van der Waals surface area (Å²) in [5, 5.41) is 24.9. The summed E-state index contributed by atoms with van der Waals surface area (Å²) in [6.45, 7) is 0.955. The van der Waals surface area contributed by atoms with Crippen LogP contribution in [0.3, 0.4) is 0 Å². The van der Waals surface area contributed by atoms with E-state index in [1.54, 1.807) is 55.9 Å². The number of nitrogens with zero attached hydrogens (tertiary/aromatic N) is 1. The first-order chi connectivity index (χ1) is 18.4. The van der Waals surface area contributed by atoms with Gasteiger partial charge in [0, 0.05) is 12.3 Å². The van der Waals surface area contributed by atoms with Crippen molar-refractivity contribution in [1.29, 1.82) is 0 Å². The maximum atomic E-state index is 12.9. The molecule has 0 aliphatic carbocycles. The molecule has 1 aliphatic rings. The van der Waals surface area contributed by atoms with Gasteiger partial charge in [-0.1, -0.05) is 18.2 Å². The molecule has 0 radical (unpaired) electrons. The second-order valence-corrected chi connectivity index (χ2v) is 13.5. The molecule has 3 rings (SSSR count). The molecule has 0 bridgehead atoms. The molecule has 6 unspecified atom stereocenters. The minimum absolute atomic E-state index is 0.345. The van der Waals surface area contributed by atoms with Gasteiger partial charge in [0.15, 0.2) is 6.23 Å². The first-order valence-electron chi connectivity index (χ1n) is 12.2. The van der Waals surface area contributed by atoms with Gasteiger partial charge in [0.25, 0.3) is 5.56 Å². The first-order valence-corrected chi connectivity index (χ1v) is 16.2. The minimum Gasteiger partial charge on any atom is -0.462 e. The van der Waals surface area contributed by atoms with Crippen molar-refractivity contribution in [2.45, 2.75) is 63.4 Å². The number of thioether (sulfide) groups is 1. The van der Waals surface area contributed by atoms with E-state index in [1.807, 2.05) is 6.26 Å². The van der Waals surface area contributed by atoms with Crippen molar-refractivity contribution in [3.63, 3.8) is 0 Å². The van der Waals surface area contributed by atoms with E-state index in [1.165, 1.54) is 6.92 Å². The van der Waals surface area contributed by atoms with E-state index in [9.17, 15) is 24.6 Å². The summed E-state index contributed by atoms with van der Waals surface area (Å²) < 4.78 is 24.3. The quantitative estimate of drug-likeness (QED) is 0.193. The molecular formula is C24H34N3O9PS2. The first kappa shape index (κ1) is 31.5. The molecule has 4 N–H and O–H groups in total. The third-order valence-electron chi connectivity index (χ3n) is 5.80. The lowest BCUT2D eigenvalue weighted by Gasteiger charge is -2.29. The van der Waals surface area contributed by atoms with Crippen LogP contribution in [0.1, 0.15) is 33.4 Å². The maximum Gasteiger partial charge on any atom is 0.330 e. The molecule has 0 saturated carbocycles. The van der Waals surface area contributed by atoms with Crippen LogP contribution in [-0.2, 0) is 30.6 Å². The van der Waals surface area contributed by atoms with E-state index >= 15 is 0 Å². The number of carbonyl (C=O) groups excluding carboxylic acids is 1. The summed E-state index contributed by atoms with van der Waals surface area (Å²) in [6.07, 6.45) is -0.853. The number of aliphatic hydroxyl groups is 2. The normalized spacial score (nSPS) is 25.3. The van der Waals surface area contributed by atoms with E-state index in [-0.39, 0.29) is 12.7 Å². The molecule has 39 heavy (non-hydrogen) atoms. The Kier molecular flexibility index (Phi) is 10.9. The molecular weight excluding hydrogens is 569 g/mol. The lowest BCUT2D eigenvalue weighted by molar-refractivity contribution is -0.149. The van der Waals surface area contributed by atoms with Gasteiger partial charge in [0.05, 0.1) is 12.7 Å². The summed E-state index contributed by atoms with van der Waals surface area (Å²) in [6, 6.07) is 8.93. The molecule has 1 aromatic heterocycles. The van der Waals surface area contributed by atoms with Gasteiger partial charge >= 0.3 is 18.3 Å². The van der Waals surface area contributed by atoms with Crippen molar-refractivity contribution in [2.24, 2.45) is 0 Å². The van der Waals surface area contributed by atoms with E-state index < -0.39 is 53.9 Å². The van der Waals surface area contributed by atoms with Crippen LogP contribution < -0.4 is 20.9 Å².